The van der Waals surface area contributed by atoms with Gasteiger partial charge in [0, 0.05) is 30.1 Å². The van der Waals surface area contributed by atoms with E-state index in [9.17, 15) is 0 Å². The molecule has 2 aromatic rings. The molecule has 0 bridgehead atoms. The third-order valence-corrected chi connectivity index (χ3v) is 2.56. The van der Waals surface area contributed by atoms with Crippen molar-refractivity contribution < 1.29 is 0 Å². The Bertz CT molecular complexity index is 477. The van der Waals surface area contributed by atoms with Gasteiger partial charge in [-0.2, -0.15) is 0 Å². The predicted octanol–water partition coefficient (Wildman–Crippen LogP) is 2.56. The summed E-state index contributed by atoms with van der Waals surface area (Å²) in [6.45, 7) is 5.94. The number of nitrogens with one attached hydrogen (secondary N) is 1. The van der Waals surface area contributed by atoms with E-state index in [4.69, 9.17) is 0 Å². The fourth-order valence-corrected chi connectivity index (χ4v) is 1.65. The minimum Gasteiger partial charge on any atom is -0.313 e. The van der Waals surface area contributed by atoms with Crippen LogP contribution >= 0.6 is 0 Å². The minimum absolute atomic E-state index is 0.786. The van der Waals surface area contributed by atoms with Crippen LogP contribution in [0.5, 0.6) is 0 Å². The Hall–Kier alpha value is -1.74. The highest BCUT2D eigenvalue weighted by Crippen LogP contribution is 2.15. The number of hydrogen-bond donors (Lipinski definition) is 1. The monoisotopic (exact) mass is 227 g/mol. The van der Waals surface area contributed by atoms with Crippen LogP contribution in [0.2, 0.25) is 0 Å². The number of benzene rings is 1. The van der Waals surface area contributed by atoms with Gasteiger partial charge in [-0.15, -0.1) is 0 Å². The summed E-state index contributed by atoms with van der Waals surface area (Å²) in [5.74, 6) is 0.786. The SMILES string of the molecule is CCNCc1cnc(-c2cccc(C)c2)nc1. The molecule has 88 valence electrons. The normalized spacial score (nSPS) is 10.5. The van der Waals surface area contributed by atoms with Crippen molar-refractivity contribution in [2.24, 2.45) is 0 Å². The van der Waals surface area contributed by atoms with Crippen LogP contribution in [0.3, 0.4) is 0 Å². The van der Waals surface area contributed by atoms with Crippen LogP contribution in [0.4, 0.5) is 0 Å². The van der Waals surface area contributed by atoms with Crippen molar-refractivity contribution in [2.45, 2.75) is 20.4 Å². The molecule has 2 rings (SSSR count). The molecule has 0 amide bonds. The number of rotatable bonds is 4. The van der Waals surface area contributed by atoms with Gasteiger partial charge in [0.25, 0.3) is 0 Å². The highest BCUT2D eigenvalue weighted by molar-refractivity contribution is 5.55. The van der Waals surface area contributed by atoms with E-state index in [1.807, 2.05) is 24.5 Å². The Kier molecular flexibility index (Phi) is 3.83. The first kappa shape index (κ1) is 11.7. The van der Waals surface area contributed by atoms with Gasteiger partial charge in [0.1, 0.15) is 0 Å². The van der Waals surface area contributed by atoms with E-state index < -0.39 is 0 Å². The van der Waals surface area contributed by atoms with Crippen molar-refractivity contribution >= 4 is 0 Å². The van der Waals surface area contributed by atoms with E-state index in [0.29, 0.717) is 0 Å². The number of nitrogens with zero attached hydrogens (tertiary/aromatic N) is 2. The summed E-state index contributed by atoms with van der Waals surface area (Å²) < 4.78 is 0. The second-order valence-electron chi connectivity index (χ2n) is 4.06. The third kappa shape index (κ3) is 3.11. The summed E-state index contributed by atoms with van der Waals surface area (Å²) in [5, 5.41) is 3.25. The van der Waals surface area contributed by atoms with Gasteiger partial charge in [0.15, 0.2) is 5.82 Å². The quantitative estimate of drug-likeness (QED) is 0.872. The molecule has 0 fully saturated rings. The molecule has 1 heterocycles. The molecule has 0 atom stereocenters. The predicted molar refractivity (Wildman–Crippen MR) is 69.6 cm³/mol. The van der Waals surface area contributed by atoms with Gasteiger partial charge in [-0.25, -0.2) is 9.97 Å². The van der Waals surface area contributed by atoms with E-state index in [0.717, 1.165) is 30.0 Å². The van der Waals surface area contributed by atoms with Crippen LogP contribution in [0.25, 0.3) is 11.4 Å². The largest absolute Gasteiger partial charge is 0.313 e. The first-order valence-electron chi connectivity index (χ1n) is 5.88. The lowest BCUT2D eigenvalue weighted by atomic mass is 10.1. The summed E-state index contributed by atoms with van der Waals surface area (Å²) in [7, 11) is 0. The Balaban J connectivity index is 2.17. The summed E-state index contributed by atoms with van der Waals surface area (Å²) >= 11 is 0. The first-order chi connectivity index (χ1) is 8.29. The maximum absolute atomic E-state index is 4.39. The molecule has 1 aromatic carbocycles. The average Bonchev–Trinajstić information content (AvgIpc) is 2.37. The van der Waals surface area contributed by atoms with Gasteiger partial charge in [-0.1, -0.05) is 30.7 Å². The van der Waals surface area contributed by atoms with Crippen LogP contribution in [-0.2, 0) is 6.54 Å². The lowest BCUT2D eigenvalue weighted by Gasteiger charge is -2.04. The van der Waals surface area contributed by atoms with Crippen molar-refractivity contribution in [3.8, 4) is 11.4 Å². The molecule has 3 heteroatoms. The molecule has 0 spiro atoms. The van der Waals surface area contributed by atoms with Crippen molar-refractivity contribution in [3.05, 3.63) is 47.8 Å². The average molecular weight is 227 g/mol. The van der Waals surface area contributed by atoms with E-state index in [2.05, 4.69) is 41.3 Å². The molecule has 1 N–H and O–H groups in total. The van der Waals surface area contributed by atoms with E-state index in [1.54, 1.807) is 0 Å². The van der Waals surface area contributed by atoms with Gasteiger partial charge < -0.3 is 5.32 Å². The maximum Gasteiger partial charge on any atom is 0.159 e. The maximum atomic E-state index is 4.39. The van der Waals surface area contributed by atoms with Crippen molar-refractivity contribution in [2.75, 3.05) is 6.54 Å². The lowest BCUT2D eigenvalue weighted by Crippen LogP contribution is -2.12. The fraction of sp³-hybridized carbons (Fsp3) is 0.286. The number of aromatic nitrogens is 2. The van der Waals surface area contributed by atoms with Crippen molar-refractivity contribution in [1.29, 1.82) is 0 Å². The second-order valence-corrected chi connectivity index (χ2v) is 4.06. The molecule has 1 aromatic heterocycles. The van der Waals surface area contributed by atoms with E-state index in [1.165, 1.54) is 5.56 Å². The topological polar surface area (TPSA) is 37.8 Å². The highest BCUT2D eigenvalue weighted by Gasteiger charge is 2.01. The zero-order chi connectivity index (χ0) is 12.1. The van der Waals surface area contributed by atoms with E-state index in [-0.39, 0.29) is 0 Å². The van der Waals surface area contributed by atoms with Gasteiger partial charge in [0.2, 0.25) is 0 Å². The molecule has 0 saturated heterocycles. The van der Waals surface area contributed by atoms with Gasteiger partial charge in [0.05, 0.1) is 0 Å². The molecule has 0 aliphatic heterocycles. The van der Waals surface area contributed by atoms with E-state index >= 15 is 0 Å². The Labute approximate surface area is 102 Å². The van der Waals surface area contributed by atoms with Crippen molar-refractivity contribution in [3.63, 3.8) is 0 Å². The van der Waals surface area contributed by atoms with Crippen LogP contribution in [0.15, 0.2) is 36.7 Å². The summed E-state index contributed by atoms with van der Waals surface area (Å²) in [6, 6.07) is 8.23. The molecule has 3 nitrogen and oxygen atoms in total. The first-order valence-corrected chi connectivity index (χ1v) is 5.88. The summed E-state index contributed by atoms with van der Waals surface area (Å²) in [6.07, 6.45) is 3.76. The molecular formula is C14H17N3. The van der Waals surface area contributed by atoms with Gasteiger partial charge in [-0.3, -0.25) is 0 Å². The number of aryl methyl sites for hydroxylation is 1. The van der Waals surface area contributed by atoms with Crippen molar-refractivity contribution in [1.82, 2.24) is 15.3 Å². The van der Waals surface area contributed by atoms with Crippen LogP contribution < -0.4 is 5.32 Å². The zero-order valence-corrected chi connectivity index (χ0v) is 10.3. The Morgan fingerprint density at radius 2 is 1.94 bits per heavy atom. The van der Waals surface area contributed by atoms with Crippen LogP contribution in [0, 0.1) is 6.92 Å². The standard InChI is InChI=1S/C14H17N3/c1-3-15-8-12-9-16-14(17-10-12)13-6-4-5-11(2)7-13/h4-7,9-10,15H,3,8H2,1-2H3. The molecule has 0 aliphatic carbocycles. The Morgan fingerprint density at radius 1 is 1.18 bits per heavy atom. The third-order valence-electron chi connectivity index (χ3n) is 2.56. The molecule has 0 aliphatic rings. The smallest absolute Gasteiger partial charge is 0.159 e. The molecule has 17 heavy (non-hydrogen) atoms. The highest BCUT2D eigenvalue weighted by atomic mass is 14.9. The fourth-order valence-electron chi connectivity index (χ4n) is 1.65. The van der Waals surface area contributed by atoms with Crippen LogP contribution in [-0.4, -0.2) is 16.5 Å². The molecule has 0 saturated carbocycles. The minimum atomic E-state index is 0.786. The summed E-state index contributed by atoms with van der Waals surface area (Å²) in [5.41, 5.74) is 3.41. The molecule has 0 unspecified atom stereocenters. The Morgan fingerprint density at radius 3 is 2.59 bits per heavy atom. The second kappa shape index (κ2) is 5.55. The van der Waals surface area contributed by atoms with Gasteiger partial charge >= 0.3 is 0 Å². The molecule has 0 radical (unpaired) electrons. The molecular weight excluding hydrogens is 210 g/mol. The summed E-state index contributed by atoms with van der Waals surface area (Å²) in [4.78, 5) is 8.78. The van der Waals surface area contributed by atoms with Crippen LogP contribution in [0.1, 0.15) is 18.1 Å². The lowest BCUT2D eigenvalue weighted by molar-refractivity contribution is 0.721. The van der Waals surface area contributed by atoms with Gasteiger partial charge in [-0.05, 0) is 19.5 Å². The zero-order valence-electron chi connectivity index (χ0n) is 10.3. The number of hydrogen-bond acceptors (Lipinski definition) is 3.